The summed E-state index contributed by atoms with van der Waals surface area (Å²) < 4.78 is 2.24. The zero-order valence-electron chi connectivity index (χ0n) is 18.5. The zero-order chi connectivity index (χ0) is 21.3. The van der Waals surface area contributed by atoms with Crippen LogP contribution < -0.4 is 0 Å². The van der Waals surface area contributed by atoms with Crippen molar-refractivity contribution in [2.24, 2.45) is 5.41 Å². The summed E-state index contributed by atoms with van der Waals surface area (Å²) in [4.78, 5) is 29.5. The molecule has 1 aromatic heterocycles. The SMILES string of the molecule is Cc1cc(C(=O)N2CCN(C(=O)C(C)(C)C)CC2)c(C)n1C(C)c1ccccc1. The Morgan fingerprint density at radius 1 is 0.931 bits per heavy atom. The minimum atomic E-state index is -0.384. The molecule has 0 N–H and O–H groups in total. The number of piperazine rings is 1. The number of hydrogen-bond acceptors (Lipinski definition) is 2. The molecule has 0 radical (unpaired) electrons. The largest absolute Gasteiger partial charge is 0.341 e. The first-order chi connectivity index (χ1) is 13.6. The van der Waals surface area contributed by atoms with Crippen LogP contribution >= 0.6 is 0 Å². The third-order valence-electron chi connectivity index (χ3n) is 5.88. The smallest absolute Gasteiger partial charge is 0.255 e. The van der Waals surface area contributed by atoms with Crippen molar-refractivity contribution in [3.8, 4) is 0 Å². The summed E-state index contributed by atoms with van der Waals surface area (Å²) in [7, 11) is 0. The second kappa shape index (κ2) is 8.05. The molecule has 0 spiro atoms. The van der Waals surface area contributed by atoms with E-state index in [1.165, 1.54) is 5.56 Å². The lowest BCUT2D eigenvalue weighted by Gasteiger charge is -2.37. The van der Waals surface area contributed by atoms with E-state index < -0.39 is 0 Å². The van der Waals surface area contributed by atoms with Gasteiger partial charge in [-0.1, -0.05) is 51.1 Å². The van der Waals surface area contributed by atoms with Gasteiger partial charge in [0.25, 0.3) is 5.91 Å². The van der Waals surface area contributed by atoms with Crippen LogP contribution in [0, 0.1) is 19.3 Å². The predicted octanol–water partition coefficient (Wildman–Crippen LogP) is 4.04. The van der Waals surface area contributed by atoms with Crippen LogP contribution in [0.4, 0.5) is 0 Å². The third kappa shape index (κ3) is 4.24. The van der Waals surface area contributed by atoms with Crippen LogP contribution in [0.1, 0.15) is 61.0 Å². The first-order valence-electron chi connectivity index (χ1n) is 10.4. The molecule has 2 amide bonds. The maximum absolute atomic E-state index is 13.2. The molecule has 0 saturated carbocycles. The van der Waals surface area contributed by atoms with E-state index in [2.05, 4.69) is 30.5 Å². The van der Waals surface area contributed by atoms with Crippen molar-refractivity contribution in [3.63, 3.8) is 0 Å². The Labute approximate surface area is 174 Å². The fourth-order valence-electron chi connectivity index (χ4n) is 4.23. The molecule has 1 aromatic carbocycles. The Kier molecular flexibility index (Phi) is 5.87. The molecule has 1 atom stereocenters. The molecule has 1 fully saturated rings. The highest BCUT2D eigenvalue weighted by Gasteiger charge is 2.32. The van der Waals surface area contributed by atoms with Gasteiger partial charge in [0.1, 0.15) is 0 Å². The number of aryl methyl sites for hydroxylation is 1. The minimum absolute atomic E-state index is 0.0625. The minimum Gasteiger partial charge on any atom is -0.341 e. The maximum atomic E-state index is 13.2. The zero-order valence-corrected chi connectivity index (χ0v) is 18.5. The van der Waals surface area contributed by atoms with Crippen LogP contribution in [0.15, 0.2) is 36.4 Å². The summed E-state index contributed by atoms with van der Waals surface area (Å²) >= 11 is 0. The molecule has 5 nitrogen and oxygen atoms in total. The van der Waals surface area contributed by atoms with E-state index in [4.69, 9.17) is 0 Å². The Balaban J connectivity index is 1.75. The number of benzene rings is 1. The summed E-state index contributed by atoms with van der Waals surface area (Å²) in [6, 6.07) is 12.5. The molecular formula is C24H33N3O2. The van der Waals surface area contributed by atoms with Crippen LogP contribution in [0.3, 0.4) is 0 Å². The van der Waals surface area contributed by atoms with E-state index in [0.717, 1.165) is 17.0 Å². The standard InChI is InChI=1S/C24H33N3O2/c1-17-16-21(19(3)27(17)18(2)20-10-8-7-9-11-20)22(28)25-12-14-26(15-13-25)23(29)24(4,5)6/h7-11,16,18H,12-15H2,1-6H3. The lowest BCUT2D eigenvalue weighted by Crippen LogP contribution is -2.53. The van der Waals surface area contributed by atoms with Crippen LogP contribution in [0.2, 0.25) is 0 Å². The maximum Gasteiger partial charge on any atom is 0.255 e. The molecule has 1 aliphatic heterocycles. The average molecular weight is 396 g/mol. The average Bonchev–Trinajstić information content (AvgIpc) is 3.00. The Morgan fingerprint density at radius 3 is 2.03 bits per heavy atom. The van der Waals surface area contributed by atoms with Crippen molar-refractivity contribution >= 4 is 11.8 Å². The highest BCUT2D eigenvalue weighted by molar-refractivity contribution is 5.96. The number of nitrogens with zero attached hydrogens (tertiary/aromatic N) is 3. The molecular weight excluding hydrogens is 362 g/mol. The van der Waals surface area contributed by atoms with Gasteiger partial charge in [-0.25, -0.2) is 0 Å². The molecule has 2 aromatic rings. The van der Waals surface area contributed by atoms with Gasteiger partial charge in [0.2, 0.25) is 5.91 Å². The van der Waals surface area contributed by atoms with Gasteiger partial charge in [-0.3, -0.25) is 9.59 Å². The van der Waals surface area contributed by atoms with E-state index in [-0.39, 0.29) is 23.3 Å². The summed E-state index contributed by atoms with van der Waals surface area (Å²) in [6.07, 6.45) is 0. The fourth-order valence-corrected chi connectivity index (χ4v) is 4.23. The lowest BCUT2D eigenvalue weighted by molar-refractivity contribution is -0.140. The predicted molar refractivity (Wildman–Crippen MR) is 116 cm³/mol. The van der Waals surface area contributed by atoms with Gasteiger partial charge in [0.15, 0.2) is 0 Å². The van der Waals surface area contributed by atoms with Gasteiger partial charge >= 0.3 is 0 Å². The Morgan fingerprint density at radius 2 is 1.48 bits per heavy atom. The molecule has 0 aliphatic carbocycles. The van der Waals surface area contributed by atoms with E-state index in [0.29, 0.717) is 26.2 Å². The van der Waals surface area contributed by atoms with Crippen LogP contribution in [0.5, 0.6) is 0 Å². The Hall–Kier alpha value is -2.56. The summed E-state index contributed by atoms with van der Waals surface area (Å²) in [5.74, 6) is 0.215. The first kappa shape index (κ1) is 21.2. The fraction of sp³-hybridized carbons (Fsp3) is 0.500. The number of hydrogen-bond donors (Lipinski definition) is 0. The van der Waals surface area contributed by atoms with Crippen molar-refractivity contribution in [2.75, 3.05) is 26.2 Å². The van der Waals surface area contributed by atoms with Gasteiger partial charge < -0.3 is 14.4 Å². The molecule has 1 unspecified atom stereocenters. The normalized spacial score (nSPS) is 16.1. The van der Waals surface area contributed by atoms with E-state index in [9.17, 15) is 9.59 Å². The Bertz CT molecular complexity index is 885. The molecule has 1 aliphatic rings. The van der Waals surface area contributed by atoms with E-state index >= 15 is 0 Å². The van der Waals surface area contributed by atoms with Gasteiger partial charge in [0.05, 0.1) is 11.6 Å². The van der Waals surface area contributed by atoms with Crippen LogP contribution in [-0.2, 0) is 4.79 Å². The van der Waals surface area contributed by atoms with E-state index in [1.54, 1.807) is 0 Å². The third-order valence-corrected chi connectivity index (χ3v) is 5.88. The van der Waals surface area contributed by atoms with Crippen molar-refractivity contribution in [1.82, 2.24) is 14.4 Å². The molecule has 1 saturated heterocycles. The molecule has 29 heavy (non-hydrogen) atoms. The second-order valence-electron chi connectivity index (χ2n) is 9.08. The van der Waals surface area contributed by atoms with Gasteiger partial charge in [0, 0.05) is 43.0 Å². The number of rotatable bonds is 3. The summed E-state index contributed by atoms with van der Waals surface area (Å²) in [6.45, 7) is 14.4. The molecule has 3 rings (SSSR count). The van der Waals surface area contributed by atoms with Gasteiger partial charge in [-0.05, 0) is 32.4 Å². The van der Waals surface area contributed by atoms with Crippen LogP contribution in [0.25, 0.3) is 0 Å². The summed E-state index contributed by atoms with van der Waals surface area (Å²) in [5.41, 5.74) is 3.69. The van der Waals surface area contributed by atoms with Crippen molar-refractivity contribution in [1.29, 1.82) is 0 Å². The number of amides is 2. The quantitative estimate of drug-likeness (QED) is 0.787. The topological polar surface area (TPSA) is 45.6 Å². The van der Waals surface area contributed by atoms with Crippen LogP contribution in [-0.4, -0.2) is 52.4 Å². The molecule has 5 heteroatoms. The highest BCUT2D eigenvalue weighted by Crippen LogP contribution is 2.27. The summed E-state index contributed by atoms with van der Waals surface area (Å²) in [5, 5.41) is 0. The number of carbonyl (C=O) groups is 2. The van der Waals surface area contributed by atoms with Crippen molar-refractivity contribution in [3.05, 3.63) is 58.9 Å². The second-order valence-corrected chi connectivity index (χ2v) is 9.08. The van der Waals surface area contributed by atoms with Crippen molar-refractivity contribution < 1.29 is 9.59 Å². The monoisotopic (exact) mass is 395 g/mol. The van der Waals surface area contributed by atoms with E-state index in [1.807, 2.05) is 61.8 Å². The molecule has 0 bridgehead atoms. The lowest BCUT2D eigenvalue weighted by atomic mass is 9.94. The number of aromatic nitrogens is 1. The van der Waals surface area contributed by atoms with Crippen molar-refractivity contribution in [2.45, 2.75) is 47.6 Å². The van der Waals surface area contributed by atoms with Gasteiger partial charge in [-0.2, -0.15) is 0 Å². The highest BCUT2D eigenvalue weighted by atomic mass is 16.2. The first-order valence-corrected chi connectivity index (χ1v) is 10.4. The molecule has 156 valence electrons. The van der Waals surface area contributed by atoms with Gasteiger partial charge in [-0.15, -0.1) is 0 Å². The molecule has 2 heterocycles. The number of carbonyl (C=O) groups excluding carboxylic acids is 2.